The topological polar surface area (TPSA) is 3.24 Å². The molecule has 10 rings (SSSR count). The van der Waals surface area contributed by atoms with Crippen LogP contribution in [-0.4, -0.2) is 0 Å². The van der Waals surface area contributed by atoms with Crippen LogP contribution in [0.25, 0.3) is 44.5 Å². The van der Waals surface area contributed by atoms with Crippen LogP contribution < -0.4 is 4.90 Å². The highest BCUT2D eigenvalue weighted by molar-refractivity contribution is 8.05. The molecule has 8 aromatic rings. The van der Waals surface area contributed by atoms with E-state index in [0.29, 0.717) is 0 Å². The van der Waals surface area contributed by atoms with Crippen LogP contribution in [0.3, 0.4) is 0 Å². The van der Waals surface area contributed by atoms with E-state index in [1.807, 2.05) is 23.5 Å². The van der Waals surface area contributed by atoms with Gasteiger partial charge in [-0.3, -0.25) is 0 Å². The van der Waals surface area contributed by atoms with Crippen molar-refractivity contribution in [2.45, 2.75) is 38.8 Å². The number of benzene rings is 8. The third-order valence-electron chi connectivity index (χ3n) is 11.0. The number of hydrogen-bond donors (Lipinski definition) is 0. The molecule has 258 valence electrons. The molecule has 0 saturated carbocycles. The standard InChI is InChI=1S/C51H37NS2/c1-51(2)45-31-39(25-30-43(45)44-32-49-50(33-46(44)51)54-48-16-10-9-15-47(48)53-49)38-23-28-42(29-24-38)52(40-13-7-4-8-14-40)41-26-21-37(22-27-41)36-19-17-35(18-20-36)34-11-5-3-6-12-34/h3-33H,1-2H3. The molecule has 8 aromatic carbocycles. The molecule has 0 unspecified atom stereocenters. The zero-order valence-electron chi connectivity index (χ0n) is 30.2. The van der Waals surface area contributed by atoms with Gasteiger partial charge in [0.1, 0.15) is 0 Å². The Morgan fingerprint density at radius 3 is 1.31 bits per heavy atom. The van der Waals surface area contributed by atoms with Gasteiger partial charge >= 0.3 is 0 Å². The van der Waals surface area contributed by atoms with E-state index in [4.69, 9.17) is 0 Å². The fraction of sp³-hybridized carbons (Fsp3) is 0.0588. The molecule has 0 atom stereocenters. The van der Waals surface area contributed by atoms with Crippen molar-refractivity contribution >= 4 is 40.6 Å². The minimum Gasteiger partial charge on any atom is -0.311 e. The van der Waals surface area contributed by atoms with Gasteiger partial charge in [0.15, 0.2) is 0 Å². The first-order valence-corrected chi connectivity index (χ1v) is 20.1. The first-order valence-electron chi connectivity index (χ1n) is 18.5. The Labute approximate surface area is 326 Å². The first kappa shape index (κ1) is 32.9. The zero-order valence-corrected chi connectivity index (χ0v) is 31.8. The van der Waals surface area contributed by atoms with Crippen molar-refractivity contribution in [3.63, 3.8) is 0 Å². The molecule has 0 radical (unpaired) electrons. The lowest BCUT2D eigenvalue weighted by atomic mass is 9.81. The summed E-state index contributed by atoms with van der Waals surface area (Å²) in [6, 6.07) is 68.8. The smallest absolute Gasteiger partial charge is 0.0462 e. The summed E-state index contributed by atoms with van der Waals surface area (Å²) in [5, 5.41) is 0. The molecule has 0 amide bonds. The van der Waals surface area contributed by atoms with Crippen LogP contribution in [-0.2, 0) is 5.41 Å². The Morgan fingerprint density at radius 2 is 0.741 bits per heavy atom. The molecule has 1 aliphatic carbocycles. The van der Waals surface area contributed by atoms with Gasteiger partial charge in [-0.1, -0.05) is 159 Å². The maximum absolute atomic E-state index is 2.46. The van der Waals surface area contributed by atoms with Gasteiger partial charge in [-0.25, -0.2) is 0 Å². The summed E-state index contributed by atoms with van der Waals surface area (Å²) < 4.78 is 0. The number of hydrogen-bond acceptors (Lipinski definition) is 3. The van der Waals surface area contributed by atoms with Gasteiger partial charge in [0, 0.05) is 42.1 Å². The molecular formula is C51H37NS2. The Kier molecular flexibility index (Phi) is 8.09. The average Bonchev–Trinajstić information content (AvgIpc) is 3.45. The fourth-order valence-corrected chi connectivity index (χ4v) is 10.3. The maximum atomic E-state index is 2.46. The van der Waals surface area contributed by atoms with E-state index in [2.05, 4.69) is 207 Å². The summed E-state index contributed by atoms with van der Waals surface area (Å²) in [6.07, 6.45) is 0. The summed E-state index contributed by atoms with van der Waals surface area (Å²) in [5.41, 5.74) is 16.2. The van der Waals surface area contributed by atoms with Crippen molar-refractivity contribution in [1.82, 2.24) is 0 Å². The summed E-state index contributed by atoms with van der Waals surface area (Å²) in [7, 11) is 0. The third kappa shape index (κ3) is 5.76. The van der Waals surface area contributed by atoms with Crippen LogP contribution in [0.5, 0.6) is 0 Å². The monoisotopic (exact) mass is 727 g/mol. The Bertz CT molecular complexity index is 2650. The van der Waals surface area contributed by atoms with Crippen LogP contribution in [0, 0.1) is 0 Å². The van der Waals surface area contributed by atoms with Crippen molar-refractivity contribution in [3.05, 3.63) is 199 Å². The fourth-order valence-electron chi connectivity index (χ4n) is 8.05. The van der Waals surface area contributed by atoms with E-state index in [9.17, 15) is 0 Å². The molecule has 3 heteroatoms. The van der Waals surface area contributed by atoms with E-state index in [-0.39, 0.29) is 5.41 Å². The van der Waals surface area contributed by atoms with Gasteiger partial charge in [0.05, 0.1) is 0 Å². The highest BCUT2D eigenvalue weighted by Crippen LogP contribution is 2.56. The van der Waals surface area contributed by atoms with E-state index >= 15 is 0 Å². The molecular weight excluding hydrogens is 691 g/mol. The lowest BCUT2D eigenvalue weighted by molar-refractivity contribution is 0.658. The molecule has 1 heterocycles. The number of nitrogens with zero attached hydrogens (tertiary/aromatic N) is 1. The average molecular weight is 728 g/mol. The number of anilines is 3. The van der Waals surface area contributed by atoms with Crippen LogP contribution in [0.2, 0.25) is 0 Å². The normalized spacial score (nSPS) is 13.4. The van der Waals surface area contributed by atoms with E-state index in [1.54, 1.807) is 0 Å². The van der Waals surface area contributed by atoms with Gasteiger partial charge < -0.3 is 4.90 Å². The Balaban J connectivity index is 0.941. The summed E-state index contributed by atoms with van der Waals surface area (Å²) in [6.45, 7) is 4.77. The molecule has 0 aromatic heterocycles. The van der Waals surface area contributed by atoms with E-state index < -0.39 is 0 Å². The second-order valence-electron chi connectivity index (χ2n) is 14.6. The molecule has 0 spiro atoms. The van der Waals surface area contributed by atoms with Gasteiger partial charge in [0.2, 0.25) is 0 Å². The minimum absolute atomic E-state index is 0.0853. The van der Waals surface area contributed by atoms with Gasteiger partial charge in [-0.05, 0) is 122 Å². The molecule has 0 saturated heterocycles. The summed E-state index contributed by atoms with van der Waals surface area (Å²) >= 11 is 3.80. The lowest BCUT2D eigenvalue weighted by Crippen LogP contribution is -2.15. The van der Waals surface area contributed by atoms with Crippen molar-refractivity contribution in [2.24, 2.45) is 0 Å². The predicted octanol–water partition coefficient (Wildman–Crippen LogP) is 15.1. The zero-order chi connectivity index (χ0) is 36.2. The molecule has 0 fully saturated rings. The highest BCUT2D eigenvalue weighted by Gasteiger charge is 2.37. The van der Waals surface area contributed by atoms with Crippen LogP contribution >= 0.6 is 23.5 Å². The van der Waals surface area contributed by atoms with Crippen LogP contribution in [0.15, 0.2) is 208 Å². The van der Waals surface area contributed by atoms with Gasteiger partial charge in [-0.2, -0.15) is 0 Å². The SMILES string of the molecule is CC1(C)c2cc(-c3ccc(N(c4ccccc4)c4ccc(-c5ccc(-c6ccccc6)cc5)cc4)cc3)ccc2-c2cc3c(cc21)Sc1ccccc1S3. The predicted molar refractivity (Wildman–Crippen MR) is 230 cm³/mol. The number of para-hydroxylation sites is 1. The van der Waals surface area contributed by atoms with Gasteiger partial charge in [-0.15, -0.1) is 0 Å². The second-order valence-corrected chi connectivity index (χ2v) is 16.8. The van der Waals surface area contributed by atoms with Crippen LogP contribution in [0.1, 0.15) is 25.0 Å². The van der Waals surface area contributed by atoms with E-state index in [1.165, 1.54) is 75.2 Å². The first-order chi connectivity index (χ1) is 26.5. The van der Waals surface area contributed by atoms with E-state index in [0.717, 1.165) is 17.1 Å². The minimum atomic E-state index is -0.0853. The number of fused-ring (bicyclic) bond motifs is 5. The summed E-state index contributed by atoms with van der Waals surface area (Å²) in [5.74, 6) is 0. The highest BCUT2D eigenvalue weighted by atomic mass is 32.2. The molecule has 0 bridgehead atoms. The quantitative estimate of drug-likeness (QED) is 0.168. The second kappa shape index (κ2) is 13.3. The molecule has 0 N–H and O–H groups in total. The van der Waals surface area contributed by atoms with Crippen molar-refractivity contribution < 1.29 is 0 Å². The van der Waals surface area contributed by atoms with Crippen molar-refractivity contribution in [3.8, 4) is 44.5 Å². The van der Waals surface area contributed by atoms with Crippen molar-refractivity contribution in [2.75, 3.05) is 4.90 Å². The molecule has 1 aliphatic heterocycles. The van der Waals surface area contributed by atoms with Crippen molar-refractivity contribution in [1.29, 1.82) is 0 Å². The molecule has 1 nitrogen and oxygen atoms in total. The number of rotatable bonds is 6. The Hall–Kier alpha value is -5.74. The molecule has 54 heavy (non-hydrogen) atoms. The third-order valence-corrected chi connectivity index (χ3v) is 13.5. The molecule has 2 aliphatic rings. The largest absolute Gasteiger partial charge is 0.311 e. The lowest BCUT2D eigenvalue weighted by Gasteiger charge is -2.26. The van der Waals surface area contributed by atoms with Gasteiger partial charge in [0.25, 0.3) is 0 Å². The maximum Gasteiger partial charge on any atom is 0.0462 e. The summed E-state index contributed by atoms with van der Waals surface area (Å²) in [4.78, 5) is 7.76. The Morgan fingerprint density at radius 1 is 0.333 bits per heavy atom. The van der Waals surface area contributed by atoms with Crippen LogP contribution in [0.4, 0.5) is 17.1 Å².